The van der Waals surface area contributed by atoms with Gasteiger partial charge in [0.05, 0.1) is 34.4 Å². The molecule has 0 heterocycles. The summed E-state index contributed by atoms with van der Waals surface area (Å²) in [5, 5.41) is 20.9. The lowest BCUT2D eigenvalue weighted by molar-refractivity contribution is 0.0724. The van der Waals surface area contributed by atoms with Crippen LogP contribution in [0.25, 0.3) is 0 Å². The number of amides is 1. The van der Waals surface area contributed by atoms with Crippen LogP contribution < -0.4 is 11.1 Å². The molecule has 1 aromatic carbocycles. The minimum atomic E-state index is -1.14. The third-order valence-electron chi connectivity index (χ3n) is 2.41. The minimum absolute atomic E-state index is 0.0709. The van der Waals surface area contributed by atoms with E-state index in [2.05, 4.69) is 5.32 Å². The Balaban J connectivity index is 3.05. The molecule has 0 aliphatic rings. The molecule has 0 aliphatic heterocycles. The second kappa shape index (κ2) is 5.75. The third kappa shape index (κ3) is 3.26. The average Bonchev–Trinajstić information content (AvgIpc) is 2.33. The Morgan fingerprint density at radius 1 is 1.39 bits per heavy atom. The van der Waals surface area contributed by atoms with Gasteiger partial charge in [0.25, 0.3) is 5.91 Å². The quantitative estimate of drug-likeness (QED) is 0.624. The second-order valence-electron chi connectivity index (χ2n) is 4.20. The number of benzene rings is 1. The van der Waals surface area contributed by atoms with E-state index >= 15 is 0 Å². The molecule has 0 aliphatic carbocycles. The molecule has 0 aromatic heterocycles. The molecule has 7 heteroatoms. The van der Waals surface area contributed by atoms with Crippen molar-refractivity contribution in [3.63, 3.8) is 0 Å². The summed E-state index contributed by atoms with van der Waals surface area (Å²) >= 11 is 11.7. The number of aliphatic hydroxyl groups excluding tert-OH is 2. The molecule has 0 bridgehead atoms. The fraction of sp³-hybridized carbons (Fsp3) is 0.364. The van der Waals surface area contributed by atoms with Crippen LogP contribution in [0, 0.1) is 0 Å². The largest absolute Gasteiger partial charge is 0.399 e. The van der Waals surface area contributed by atoms with Crippen molar-refractivity contribution in [2.24, 2.45) is 0 Å². The van der Waals surface area contributed by atoms with Crippen LogP contribution in [-0.2, 0) is 0 Å². The fourth-order valence-corrected chi connectivity index (χ4v) is 1.67. The van der Waals surface area contributed by atoms with Gasteiger partial charge in [0, 0.05) is 5.69 Å². The van der Waals surface area contributed by atoms with Crippen molar-refractivity contribution >= 4 is 34.8 Å². The molecular formula is C11H14Cl2N2O3. The summed E-state index contributed by atoms with van der Waals surface area (Å²) in [6.07, 6.45) is 0. The SMILES string of the molecule is CC(CO)(CO)NC(=O)c1cc(N)cc(Cl)c1Cl. The molecule has 0 saturated heterocycles. The second-order valence-corrected chi connectivity index (χ2v) is 4.98. The van der Waals surface area contributed by atoms with Crippen LogP contribution in [0.4, 0.5) is 5.69 Å². The van der Waals surface area contributed by atoms with E-state index < -0.39 is 24.7 Å². The molecule has 5 nitrogen and oxygen atoms in total. The number of carbonyl (C=O) groups excluding carboxylic acids is 1. The van der Waals surface area contributed by atoms with Crippen molar-refractivity contribution in [1.29, 1.82) is 0 Å². The highest BCUT2D eigenvalue weighted by atomic mass is 35.5. The zero-order valence-electron chi connectivity index (χ0n) is 9.70. The van der Waals surface area contributed by atoms with E-state index in [1.54, 1.807) is 0 Å². The Labute approximate surface area is 115 Å². The van der Waals surface area contributed by atoms with E-state index in [1.807, 2.05) is 0 Å². The first-order valence-electron chi connectivity index (χ1n) is 5.12. The van der Waals surface area contributed by atoms with Gasteiger partial charge in [-0.2, -0.15) is 0 Å². The molecule has 1 amide bonds. The van der Waals surface area contributed by atoms with E-state index in [0.717, 1.165) is 0 Å². The first-order valence-corrected chi connectivity index (χ1v) is 5.87. The van der Waals surface area contributed by atoms with Crippen LogP contribution in [0.5, 0.6) is 0 Å². The zero-order valence-corrected chi connectivity index (χ0v) is 11.2. The summed E-state index contributed by atoms with van der Waals surface area (Å²) < 4.78 is 0. The third-order valence-corrected chi connectivity index (χ3v) is 3.21. The van der Waals surface area contributed by atoms with Crippen LogP contribution >= 0.6 is 23.2 Å². The lowest BCUT2D eigenvalue weighted by Crippen LogP contribution is -2.51. The molecule has 0 fully saturated rings. The highest BCUT2D eigenvalue weighted by Crippen LogP contribution is 2.28. The van der Waals surface area contributed by atoms with E-state index in [0.29, 0.717) is 5.69 Å². The molecule has 0 saturated carbocycles. The van der Waals surface area contributed by atoms with E-state index in [-0.39, 0.29) is 15.6 Å². The van der Waals surface area contributed by atoms with Crippen molar-refractivity contribution < 1.29 is 15.0 Å². The number of nitrogen functional groups attached to an aromatic ring is 1. The van der Waals surface area contributed by atoms with Crippen LogP contribution in [0.15, 0.2) is 12.1 Å². The predicted molar refractivity (Wildman–Crippen MR) is 70.9 cm³/mol. The molecule has 1 rings (SSSR count). The Kier molecular flexibility index (Phi) is 4.81. The lowest BCUT2D eigenvalue weighted by Gasteiger charge is -2.26. The van der Waals surface area contributed by atoms with Crippen molar-refractivity contribution in [3.05, 3.63) is 27.7 Å². The zero-order chi connectivity index (χ0) is 13.9. The first kappa shape index (κ1) is 15.0. The van der Waals surface area contributed by atoms with Gasteiger partial charge in [-0.1, -0.05) is 23.2 Å². The summed E-state index contributed by atoms with van der Waals surface area (Å²) in [7, 11) is 0. The maximum atomic E-state index is 12.0. The molecule has 0 radical (unpaired) electrons. The van der Waals surface area contributed by atoms with Gasteiger partial charge in [-0.25, -0.2) is 0 Å². The number of halogens is 2. The molecule has 0 atom stereocenters. The normalized spacial score (nSPS) is 11.4. The average molecular weight is 293 g/mol. The van der Waals surface area contributed by atoms with E-state index in [9.17, 15) is 4.79 Å². The van der Waals surface area contributed by atoms with Gasteiger partial charge in [0.1, 0.15) is 0 Å². The monoisotopic (exact) mass is 292 g/mol. The lowest BCUT2D eigenvalue weighted by atomic mass is 10.0. The van der Waals surface area contributed by atoms with Gasteiger partial charge < -0.3 is 21.3 Å². The molecule has 0 spiro atoms. The van der Waals surface area contributed by atoms with E-state index in [1.165, 1.54) is 19.1 Å². The summed E-state index contributed by atoms with van der Waals surface area (Å²) in [6, 6.07) is 2.80. The molecule has 18 heavy (non-hydrogen) atoms. The summed E-state index contributed by atoms with van der Waals surface area (Å²) in [6.45, 7) is 0.665. The Hall–Kier alpha value is -1.01. The highest BCUT2D eigenvalue weighted by Gasteiger charge is 2.26. The van der Waals surface area contributed by atoms with Crippen molar-refractivity contribution in [3.8, 4) is 0 Å². The Morgan fingerprint density at radius 3 is 2.44 bits per heavy atom. The number of hydrogen-bond acceptors (Lipinski definition) is 4. The summed E-state index contributed by atoms with van der Waals surface area (Å²) in [5.74, 6) is -0.570. The van der Waals surface area contributed by atoms with Gasteiger partial charge in [-0.3, -0.25) is 4.79 Å². The molecule has 1 aromatic rings. The molecule has 5 N–H and O–H groups in total. The van der Waals surface area contributed by atoms with Crippen molar-refractivity contribution in [2.75, 3.05) is 18.9 Å². The Bertz CT molecular complexity index is 462. The molecule has 100 valence electrons. The first-order chi connectivity index (χ1) is 8.33. The van der Waals surface area contributed by atoms with Crippen molar-refractivity contribution in [1.82, 2.24) is 5.32 Å². The standard InChI is InChI=1S/C11H14Cl2N2O3/c1-11(4-16,5-17)15-10(18)7-2-6(14)3-8(12)9(7)13/h2-3,16-17H,4-5,14H2,1H3,(H,15,18). The maximum absolute atomic E-state index is 12.0. The minimum Gasteiger partial charge on any atom is -0.399 e. The van der Waals surface area contributed by atoms with Crippen LogP contribution in [0.3, 0.4) is 0 Å². The summed E-state index contributed by atoms with van der Waals surface area (Å²) in [5.41, 5.74) is 4.82. The highest BCUT2D eigenvalue weighted by molar-refractivity contribution is 6.44. The van der Waals surface area contributed by atoms with E-state index in [4.69, 9.17) is 39.1 Å². The van der Waals surface area contributed by atoms with Crippen molar-refractivity contribution in [2.45, 2.75) is 12.5 Å². The predicted octanol–water partition coefficient (Wildman–Crippen LogP) is 1.05. The van der Waals surface area contributed by atoms with Crippen LogP contribution in [0.1, 0.15) is 17.3 Å². The number of anilines is 1. The molecular weight excluding hydrogens is 279 g/mol. The molecule has 0 unspecified atom stereocenters. The van der Waals surface area contributed by atoms with Crippen LogP contribution in [0.2, 0.25) is 10.0 Å². The topological polar surface area (TPSA) is 95.6 Å². The number of nitrogens with one attached hydrogen (secondary N) is 1. The Morgan fingerprint density at radius 2 is 1.94 bits per heavy atom. The number of carbonyl (C=O) groups is 1. The van der Waals surface area contributed by atoms with Gasteiger partial charge in [-0.05, 0) is 19.1 Å². The smallest absolute Gasteiger partial charge is 0.253 e. The number of aliphatic hydroxyl groups is 2. The maximum Gasteiger partial charge on any atom is 0.253 e. The van der Waals surface area contributed by atoms with Crippen LogP contribution in [-0.4, -0.2) is 34.9 Å². The van der Waals surface area contributed by atoms with Gasteiger partial charge in [0.15, 0.2) is 0 Å². The van der Waals surface area contributed by atoms with Gasteiger partial charge >= 0.3 is 0 Å². The summed E-state index contributed by atoms with van der Waals surface area (Å²) in [4.78, 5) is 12.0. The number of nitrogens with two attached hydrogens (primary N) is 1. The van der Waals surface area contributed by atoms with Gasteiger partial charge in [-0.15, -0.1) is 0 Å². The number of rotatable bonds is 4. The fourth-order valence-electron chi connectivity index (χ4n) is 1.25. The number of hydrogen-bond donors (Lipinski definition) is 4. The van der Waals surface area contributed by atoms with Gasteiger partial charge in [0.2, 0.25) is 0 Å².